The summed E-state index contributed by atoms with van der Waals surface area (Å²) in [4.78, 5) is 15.6. The van der Waals surface area contributed by atoms with Crippen LogP contribution in [0, 0.1) is 5.92 Å². The summed E-state index contributed by atoms with van der Waals surface area (Å²) in [6, 6.07) is 9.80. The zero-order valence-corrected chi connectivity index (χ0v) is 14.1. The second-order valence-corrected chi connectivity index (χ2v) is 8.15. The summed E-state index contributed by atoms with van der Waals surface area (Å²) >= 11 is 0. The van der Waals surface area contributed by atoms with Crippen LogP contribution in [0.15, 0.2) is 42.5 Å². The molecule has 2 spiro atoms. The van der Waals surface area contributed by atoms with E-state index in [1.54, 1.807) is 0 Å². The van der Waals surface area contributed by atoms with Crippen LogP contribution in [0.3, 0.4) is 0 Å². The number of hydrogen-bond donors (Lipinski definition) is 0. The molecule has 3 heterocycles. The van der Waals surface area contributed by atoms with Gasteiger partial charge in [-0.15, -0.1) is 0 Å². The van der Waals surface area contributed by atoms with Crippen molar-refractivity contribution in [3.05, 3.63) is 48.0 Å². The Labute approximate surface area is 143 Å². The lowest BCUT2D eigenvalue weighted by atomic mass is 9.65. The number of hydrogen-bond acceptors (Lipinski definition) is 2. The monoisotopic (exact) mass is 323 g/mol. The van der Waals surface area contributed by atoms with Crippen LogP contribution in [0.1, 0.15) is 55.3 Å². The summed E-state index contributed by atoms with van der Waals surface area (Å²) in [7, 11) is 0. The molecule has 1 aromatic carbocycles. The first kappa shape index (κ1) is 14.7. The van der Waals surface area contributed by atoms with Crippen molar-refractivity contribution in [2.45, 2.75) is 62.2 Å². The number of piperidine rings is 1. The van der Waals surface area contributed by atoms with Gasteiger partial charge in [0.2, 0.25) is 0 Å². The lowest BCUT2D eigenvalue weighted by Gasteiger charge is -2.56. The van der Waals surface area contributed by atoms with E-state index >= 15 is 0 Å². The van der Waals surface area contributed by atoms with Crippen LogP contribution in [0.2, 0.25) is 0 Å². The Morgan fingerprint density at radius 2 is 1.92 bits per heavy atom. The predicted molar refractivity (Wildman–Crippen MR) is 92.8 cm³/mol. The van der Waals surface area contributed by atoms with E-state index in [4.69, 9.17) is 4.74 Å². The van der Waals surface area contributed by atoms with Gasteiger partial charge in [0.1, 0.15) is 5.60 Å². The molecule has 1 aromatic rings. The van der Waals surface area contributed by atoms with Crippen molar-refractivity contribution in [1.29, 1.82) is 0 Å². The molecule has 1 saturated carbocycles. The van der Waals surface area contributed by atoms with Crippen molar-refractivity contribution in [1.82, 2.24) is 4.90 Å². The second-order valence-electron chi connectivity index (χ2n) is 8.15. The van der Waals surface area contributed by atoms with Gasteiger partial charge in [-0.2, -0.15) is 0 Å². The summed E-state index contributed by atoms with van der Waals surface area (Å²) in [5.41, 5.74) is 0.662. The smallest absolute Gasteiger partial charge is 0.254 e. The van der Waals surface area contributed by atoms with Crippen molar-refractivity contribution in [2.24, 2.45) is 5.92 Å². The quantitative estimate of drug-likeness (QED) is 0.732. The number of fused-ring (bicyclic) bond motifs is 1. The Balaban J connectivity index is 1.53. The van der Waals surface area contributed by atoms with Crippen molar-refractivity contribution in [3.8, 4) is 0 Å². The SMILES string of the molecule is O=C(c1ccccc1)N1C[C@]23C=C[C@H](C[C@@H]2CC12CCCCC2)O3. The van der Waals surface area contributed by atoms with Gasteiger partial charge in [-0.1, -0.05) is 49.6 Å². The van der Waals surface area contributed by atoms with E-state index in [9.17, 15) is 4.79 Å². The molecule has 2 bridgehead atoms. The number of carbonyl (C=O) groups is 1. The molecule has 0 N–H and O–H groups in total. The van der Waals surface area contributed by atoms with Gasteiger partial charge in [0, 0.05) is 11.1 Å². The van der Waals surface area contributed by atoms with Crippen molar-refractivity contribution >= 4 is 5.91 Å². The molecule has 0 unspecified atom stereocenters. The summed E-state index contributed by atoms with van der Waals surface area (Å²) < 4.78 is 6.31. The normalized spacial score (nSPS) is 36.1. The largest absolute Gasteiger partial charge is 0.361 e. The molecule has 24 heavy (non-hydrogen) atoms. The first-order valence-electron chi connectivity index (χ1n) is 9.45. The third-order valence-corrected chi connectivity index (χ3v) is 6.83. The molecule has 3 aliphatic heterocycles. The molecular formula is C21H25NO2. The topological polar surface area (TPSA) is 29.5 Å². The summed E-state index contributed by atoms with van der Waals surface area (Å²) in [6.45, 7) is 0.735. The molecule has 126 valence electrons. The van der Waals surface area contributed by atoms with Gasteiger partial charge in [0.15, 0.2) is 0 Å². The van der Waals surface area contributed by atoms with E-state index in [1.165, 1.54) is 19.3 Å². The van der Waals surface area contributed by atoms with Crippen LogP contribution < -0.4 is 0 Å². The second kappa shape index (κ2) is 5.19. The first-order valence-corrected chi connectivity index (χ1v) is 9.45. The number of carbonyl (C=O) groups excluding carboxylic acids is 1. The molecule has 0 aromatic heterocycles. The summed E-state index contributed by atoms with van der Waals surface area (Å²) in [6.07, 6.45) is 13.1. The highest BCUT2D eigenvalue weighted by Gasteiger charge is 2.60. The molecule has 3 fully saturated rings. The highest BCUT2D eigenvalue weighted by atomic mass is 16.5. The van der Waals surface area contributed by atoms with E-state index in [0.29, 0.717) is 5.92 Å². The average molecular weight is 323 g/mol. The minimum absolute atomic E-state index is 0.0583. The Hall–Kier alpha value is -1.61. The Morgan fingerprint density at radius 1 is 1.12 bits per heavy atom. The van der Waals surface area contributed by atoms with E-state index in [1.807, 2.05) is 30.3 Å². The number of likely N-dealkylation sites (tertiary alicyclic amines) is 1. The van der Waals surface area contributed by atoms with Gasteiger partial charge >= 0.3 is 0 Å². The summed E-state index contributed by atoms with van der Waals surface area (Å²) in [5.74, 6) is 0.781. The Morgan fingerprint density at radius 3 is 2.67 bits per heavy atom. The number of rotatable bonds is 1. The molecule has 5 rings (SSSR count). The van der Waals surface area contributed by atoms with E-state index in [2.05, 4.69) is 17.1 Å². The fourth-order valence-corrected chi connectivity index (χ4v) is 5.64. The maximum absolute atomic E-state index is 13.4. The zero-order chi connectivity index (χ0) is 16.2. The van der Waals surface area contributed by atoms with Crippen LogP contribution in [0.4, 0.5) is 0 Å². The Bertz CT molecular complexity index is 676. The van der Waals surface area contributed by atoms with Gasteiger partial charge in [0.25, 0.3) is 5.91 Å². The zero-order valence-electron chi connectivity index (χ0n) is 14.1. The van der Waals surface area contributed by atoms with Crippen LogP contribution in [-0.4, -0.2) is 34.6 Å². The van der Waals surface area contributed by atoms with Crippen LogP contribution in [0.25, 0.3) is 0 Å². The molecule has 0 radical (unpaired) electrons. The number of ether oxygens (including phenoxy) is 1. The van der Waals surface area contributed by atoms with Crippen molar-refractivity contribution in [3.63, 3.8) is 0 Å². The standard InChI is InChI=1S/C21H25NO2/c23-19(16-7-3-1-4-8-16)22-15-21-12-9-18(24-21)13-17(21)14-20(22)10-5-2-6-11-20/h1,3-4,7-9,12,17-18H,2,5-6,10-11,13-15H2/t17-,18-,21-/m1/s1. The third kappa shape index (κ3) is 2.03. The predicted octanol–water partition coefficient (Wildman–Crippen LogP) is 3.95. The van der Waals surface area contributed by atoms with Crippen LogP contribution >= 0.6 is 0 Å². The minimum Gasteiger partial charge on any atom is -0.361 e. The van der Waals surface area contributed by atoms with Crippen LogP contribution in [-0.2, 0) is 4.74 Å². The number of amides is 1. The van der Waals surface area contributed by atoms with E-state index in [-0.39, 0.29) is 23.2 Å². The van der Waals surface area contributed by atoms with Gasteiger partial charge in [-0.25, -0.2) is 0 Å². The lowest BCUT2D eigenvalue weighted by molar-refractivity contribution is -0.0854. The van der Waals surface area contributed by atoms with Gasteiger partial charge in [0.05, 0.1) is 12.6 Å². The molecule has 1 aliphatic carbocycles. The number of nitrogens with zero attached hydrogens (tertiary/aromatic N) is 1. The highest BCUT2D eigenvalue weighted by Crippen LogP contribution is 2.54. The Kier molecular flexibility index (Phi) is 3.18. The fourth-order valence-electron chi connectivity index (χ4n) is 5.64. The molecule has 1 amide bonds. The van der Waals surface area contributed by atoms with E-state index < -0.39 is 0 Å². The molecule has 4 aliphatic rings. The number of benzene rings is 1. The lowest BCUT2D eigenvalue weighted by Crippen LogP contribution is -2.64. The highest BCUT2D eigenvalue weighted by molar-refractivity contribution is 5.95. The molecular weight excluding hydrogens is 298 g/mol. The molecule has 3 nitrogen and oxygen atoms in total. The molecule has 3 heteroatoms. The minimum atomic E-state index is -0.211. The average Bonchev–Trinajstić information content (AvgIpc) is 3.19. The first-order chi connectivity index (χ1) is 11.7. The third-order valence-electron chi connectivity index (χ3n) is 6.83. The van der Waals surface area contributed by atoms with Crippen LogP contribution in [0.5, 0.6) is 0 Å². The van der Waals surface area contributed by atoms with Gasteiger partial charge in [-0.3, -0.25) is 4.79 Å². The van der Waals surface area contributed by atoms with Gasteiger partial charge < -0.3 is 9.64 Å². The maximum Gasteiger partial charge on any atom is 0.254 e. The fraction of sp³-hybridized carbons (Fsp3) is 0.571. The molecule has 2 saturated heterocycles. The summed E-state index contributed by atoms with van der Waals surface area (Å²) in [5, 5.41) is 0. The van der Waals surface area contributed by atoms with Crippen molar-refractivity contribution < 1.29 is 9.53 Å². The van der Waals surface area contributed by atoms with Crippen molar-refractivity contribution in [2.75, 3.05) is 6.54 Å². The van der Waals surface area contributed by atoms with E-state index in [0.717, 1.165) is 37.8 Å². The maximum atomic E-state index is 13.4. The van der Waals surface area contributed by atoms with Gasteiger partial charge in [-0.05, 0) is 43.7 Å². The molecule has 3 atom stereocenters.